The summed E-state index contributed by atoms with van der Waals surface area (Å²) in [6, 6.07) is 7.60. The monoisotopic (exact) mass is 250 g/mol. The molecular formula is C14H22N2O2. The van der Waals surface area contributed by atoms with Gasteiger partial charge in [0.15, 0.2) is 0 Å². The number of nitrogens with one attached hydrogen (secondary N) is 1. The fourth-order valence-corrected chi connectivity index (χ4v) is 1.61. The van der Waals surface area contributed by atoms with E-state index in [1.165, 1.54) is 0 Å². The van der Waals surface area contributed by atoms with Crippen molar-refractivity contribution in [2.45, 2.75) is 6.92 Å². The molecule has 0 saturated carbocycles. The maximum absolute atomic E-state index is 11.8. The maximum atomic E-state index is 11.8. The number of benzene rings is 1. The lowest BCUT2D eigenvalue weighted by atomic mass is 10.1. The second-order valence-corrected chi connectivity index (χ2v) is 4.42. The van der Waals surface area contributed by atoms with Crippen LogP contribution < -0.4 is 5.32 Å². The van der Waals surface area contributed by atoms with Crippen LogP contribution >= 0.6 is 0 Å². The number of aryl methyl sites for hydroxylation is 1. The SMILES string of the molecule is COCCN(C)CCNC(=O)c1cccc(C)c1. The number of carbonyl (C=O) groups is 1. The third-order valence-electron chi connectivity index (χ3n) is 2.74. The number of ether oxygens (including phenoxy) is 1. The number of nitrogens with zero attached hydrogens (tertiary/aromatic N) is 1. The zero-order valence-corrected chi connectivity index (χ0v) is 11.4. The first kappa shape index (κ1) is 14.7. The molecule has 18 heavy (non-hydrogen) atoms. The van der Waals surface area contributed by atoms with Crippen LogP contribution in [-0.4, -0.2) is 51.2 Å². The molecule has 0 unspecified atom stereocenters. The van der Waals surface area contributed by atoms with Gasteiger partial charge >= 0.3 is 0 Å². The van der Waals surface area contributed by atoms with Crippen molar-refractivity contribution >= 4 is 5.91 Å². The molecule has 0 aliphatic rings. The molecule has 0 aromatic heterocycles. The summed E-state index contributed by atoms with van der Waals surface area (Å²) in [5.41, 5.74) is 1.81. The number of carbonyl (C=O) groups excluding carboxylic acids is 1. The Balaban J connectivity index is 2.29. The summed E-state index contributed by atoms with van der Waals surface area (Å²) < 4.78 is 4.99. The zero-order chi connectivity index (χ0) is 13.4. The van der Waals surface area contributed by atoms with Crippen LogP contribution in [0, 0.1) is 6.92 Å². The second-order valence-electron chi connectivity index (χ2n) is 4.42. The van der Waals surface area contributed by atoms with Gasteiger partial charge in [0.05, 0.1) is 6.61 Å². The van der Waals surface area contributed by atoms with Gasteiger partial charge in [0, 0.05) is 32.3 Å². The summed E-state index contributed by atoms with van der Waals surface area (Å²) in [7, 11) is 3.70. The van der Waals surface area contributed by atoms with Crippen LogP contribution in [0.2, 0.25) is 0 Å². The lowest BCUT2D eigenvalue weighted by molar-refractivity contribution is 0.0947. The van der Waals surface area contributed by atoms with E-state index in [2.05, 4.69) is 10.2 Å². The molecule has 4 heteroatoms. The van der Waals surface area contributed by atoms with Crippen molar-refractivity contribution in [1.82, 2.24) is 10.2 Å². The van der Waals surface area contributed by atoms with Crippen molar-refractivity contribution < 1.29 is 9.53 Å². The van der Waals surface area contributed by atoms with Crippen molar-refractivity contribution in [1.29, 1.82) is 0 Å². The van der Waals surface area contributed by atoms with Gasteiger partial charge in [-0.15, -0.1) is 0 Å². The third-order valence-corrected chi connectivity index (χ3v) is 2.74. The fourth-order valence-electron chi connectivity index (χ4n) is 1.61. The smallest absolute Gasteiger partial charge is 0.251 e. The molecule has 4 nitrogen and oxygen atoms in total. The highest BCUT2D eigenvalue weighted by Crippen LogP contribution is 2.03. The van der Waals surface area contributed by atoms with E-state index in [1.807, 2.05) is 38.2 Å². The van der Waals surface area contributed by atoms with E-state index in [-0.39, 0.29) is 5.91 Å². The molecule has 1 N–H and O–H groups in total. The summed E-state index contributed by atoms with van der Waals surface area (Å²) in [5.74, 6) is -0.0150. The topological polar surface area (TPSA) is 41.6 Å². The van der Waals surface area contributed by atoms with Crippen molar-refractivity contribution in [2.75, 3.05) is 40.4 Å². The summed E-state index contributed by atoms with van der Waals surface area (Å²) in [6.07, 6.45) is 0. The van der Waals surface area contributed by atoms with E-state index in [0.29, 0.717) is 13.2 Å². The van der Waals surface area contributed by atoms with E-state index in [0.717, 1.165) is 24.2 Å². The molecule has 0 spiro atoms. The van der Waals surface area contributed by atoms with Crippen LogP contribution in [0.15, 0.2) is 24.3 Å². The summed E-state index contributed by atoms with van der Waals surface area (Å²) in [6.45, 7) is 5.03. The molecular weight excluding hydrogens is 228 g/mol. The molecule has 0 aliphatic heterocycles. The molecule has 0 radical (unpaired) electrons. The molecule has 0 bridgehead atoms. The number of rotatable bonds is 7. The van der Waals surface area contributed by atoms with E-state index in [4.69, 9.17) is 4.74 Å². The number of amides is 1. The van der Waals surface area contributed by atoms with Crippen LogP contribution in [0.1, 0.15) is 15.9 Å². The van der Waals surface area contributed by atoms with Crippen LogP contribution in [0.25, 0.3) is 0 Å². The fraction of sp³-hybridized carbons (Fsp3) is 0.500. The highest BCUT2D eigenvalue weighted by molar-refractivity contribution is 5.94. The van der Waals surface area contributed by atoms with Crippen LogP contribution in [-0.2, 0) is 4.74 Å². The van der Waals surface area contributed by atoms with Gasteiger partial charge in [-0.25, -0.2) is 0 Å². The van der Waals surface area contributed by atoms with Crippen LogP contribution in [0.4, 0.5) is 0 Å². The van der Waals surface area contributed by atoms with Crippen molar-refractivity contribution in [3.05, 3.63) is 35.4 Å². The number of hydrogen-bond donors (Lipinski definition) is 1. The quantitative estimate of drug-likeness (QED) is 0.793. The zero-order valence-electron chi connectivity index (χ0n) is 11.4. The molecule has 100 valence electrons. The van der Waals surface area contributed by atoms with Gasteiger partial charge < -0.3 is 15.0 Å². The van der Waals surface area contributed by atoms with Gasteiger partial charge in [-0.2, -0.15) is 0 Å². The molecule has 1 amide bonds. The van der Waals surface area contributed by atoms with Gasteiger partial charge in [-0.3, -0.25) is 4.79 Å². The van der Waals surface area contributed by atoms with Gasteiger partial charge in [0.1, 0.15) is 0 Å². The highest BCUT2D eigenvalue weighted by Gasteiger charge is 2.05. The standard InChI is InChI=1S/C14H22N2O2/c1-12-5-4-6-13(11-12)14(17)15-7-8-16(2)9-10-18-3/h4-6,11H,7-10H2,1-3H3,(H,15,17). The highest BCUT2D eigenvalue weighted by atomic mass is 16.5. The Morgan fingerprint density at radius 1 is 1.39 bits per heavy atom. The van der Waals surface area contributed by atoms with Gasteiger partial charge in [-0.1, -0.05) is 17.7 Å². The first-order valence-corrected chi connectivity index (χ1v) is 6.16. The average molecular weight is 250 g/mol. The Morgan fingerprint density at radius 2 is 2.17 bits per heavy atom. The Labute approximate surface area is 109 Å². The average Bonchev–Trinajstić information content (AvgIpc) is 2.36. The third kappa shape index (κ3) is 5.29. The lowest BCUT2D eigenvalue weighted by Crippen LogP contribution is -2.34. The Hall–Kier alpha value is -1.39. The van der Waals surface area contributed by atoms with Gasteiger partial charge in [-0.05, 0) is 26.1 Å². The van der Waals surface area contributed by atoms with Gasteiger partial charge in [0.2, 0.25) is 0 Å². The van der Waals surface area contributed by atoms with E-state index in [9.17, 15) is 4.79 Å². The molecule has 1 aromatic carbocycles. The van der Waals surface area contributed by atoms with E-state index < -0.39 is 0 Å². The van der Waals surface area contributed by atoms with Crippen molar-refractivity contribution in [3.8, 4) is 0 Å². The predicted octanol–water partition coefficient (Wildman–Crippen LogP) is 1.30. The minimum Gasteiger partial charge on any atom is -0.383 e. The first-order chi connectivity index (χ1) is 8.63. The van der Waals surface area contributed by atoms with Crippen molar-refractivity contribution in [3.63, 3.8) is 0 Å². The minimum absolute atomic E-state index is 0.0150. The first-order valence-electron chi connectivity index (χ1n) is 6.16. The largest absolute Gasteiger partial charge is 0.383 e. The number of hydrogen-bond acceptors (Lipinski definition) is 3. The summed E-state index contributed by atoms with van der Waals surface area (Å²) >= 11 is 0. The Bertz CT molecular complexity index is 380. The molecule has 1 aromatic rings. The molecule has 1 rings (SSSR count). The number of likely N-dealkylation sites (N-methyl/N-ethyl adjacent to an activating group) is 1. The molecule has 0 saturated heterocycles. The van der Waals surface area contributed by atoms with E-state index >= 15 is 0 Å². The van der Waals surface area contributed by atoms with Gasteiger partial charge in [0.25, 0.3) is 5.91 Å². The second kappa shape index (κ2) is 7.84. The molecule has 0 aliphatic carbocycles. The maximum Gasteiger partial charge on any atom is 0.251 e. The molecule has 0 heterocycles. The van der Waals surface area contributed by atoms with Crippen LogP contribution in [0.3, 0.4) is 0 Å². The summed E-state index contributed by atoms with van der Waals surface area (Å²) in [4.78, 5) is 14.0. The van der Waals surface area contributed by atoms with Crippen LogP contribution in [0.5, 0.6) is 0 Å². The van der Waals surface area contributed by atoms with E-state index in [1.54, 1.807) is 7.11 Å². The molecule has 0 fully saturated rings. The summed E-state index contributed by atoms with van der Waals surface area (Å²) in [5, 5.41) is 2.91. The Morgan fingerprint density at radius 3 is 2.83 bits per heavy atom. The predicted molar refractivity (Wildman–Crippen MR) is 72.9 cm³/mol. The minimum atomic E-state index is -0.0150. The normalized spacial score (nSPS) is 10.7. The van der Waals surface area contributed by atoms with Crippen molar-refractivity contribution in [2.24, 2.45) is 0 Å². The molecule has 0 atom stereocenters. The number of methoxy groups -OCH3 is 1. The lowest BCUT2D eigenvalue weighted by Gasteiger charge is -2.16. The Kier molecular flexibility index (Phi) is 6.39.